The average molecular weight is 209 g/mol. The Balaban J connectivity index is 2.33. The van der Waals surface area contributed by atoms with Gasteiger partial charge in [-0.15, -0.1) is 0 Å². The molecule has 0 aromatic heterocycles. The third-order valence-electron chi connectivity index (χ3n) is 3.11. The molecule has 0 bridgehead atoms. The molecule has 0 amide bonds. The molecule has 82 valence electrons. The van der Waals surface area contributed by atoms with Crippen molar-refractivity contribution in [3.8, 4) is 17.2 Å². The van der Waals surface area contributed by atoms with Crippen LogP contribution in [-0.4, -0.2) is 15.3 Å². The van der Waals surface area contributed by atoms with Crippen molar-refractivity contribution in [3.05, 3.63) is 17.7 Å². The topological polar surface area (TPSA) is 86.7 Å². The van der Waals surface area contributed by atoms with Gasteiger partial charge in [0.05, 0.1) is 5.56 Å². The van der Waals surface area contributed by atoms with E-state index in [-0.39, 0.29) is 23.3 Å². The second-order valence-corrected chi connectivity index (χ2v) is 4.11. The molecule has 1 aliphatic rings. The van der Waals surface area contributed by atoms with Gasteiger partial charge in [0, 0.05) is 18.2 Å². The van der Waals surface area contributed by atoms with Crippen LogP contribution in [0.4, 0.5) is 0 Å². The molecule has 0 unspecified atom stereocenters. The molecule has 0 radical (unpaired) electrons. The summed E-state index contributed by atoms with van der Waals surface area (Å²) in [4.78, 5) is 0. The summed E-state index contributed by atoms with van der Waals surface area (Å²) >= 11 is 0. The van der Waals surface area contributed by atoms with Crippen LogP contribution in [0.15, 0.2) is 12.1 Å². The lowest BCUT2D eigenvalue weighted by atomic mass is 9.77. The monoisotopic (exact) mass is 209 g/mol. The SMILES string of the molecule is N[C@H](c1c(O)cc(O)cc1O)C1CCC1. The van der Waals surface area contributed by atoms with Gasteiger partial charge in [0.25, 0.3) is 0 Å². The Morgan fingerprint density at radius 3 is 2.07 bits per heavy atom. The van der Waals surface area contributed by atoms with E-state index < -0.39 is 0 Å². The van der Waals surface area contributed by atoms with Crippen molar-refractivity contribution < 1.29 is 15.3 Å². The van der Waals surface area contributed by atoms with Crippen molar-refractivity contribution in [3.63, 3.8) is 0 Å². The number of phenols is 3. The van der Waals surface area contributed by atoms with E-state index in [4.69, 9.17) is 10.8 Å². The van der Waals surface area contributed by atoms with Gasteiger partial charge < -0.3 is 21.1 Å². The molecule has 4 nitrogen and oxygen atoms in total. The maximum absolute atomic E-state index is 9.61. The number of aromatic hydroxyl groups is 3. The van der Waals surface area contributed by atoms with Crippen LogP contribution < -0.4 is 5.73 Å². The van der Waals surface area contributed by atoms with Crippen molar-refractivity contribution in [2.24, 2.45) is 11.7 Å². The first kappa shape index (κ1) is 10.1. The van der Waals surface area contributed by atoms with E-state index in [1.165, 1.54) is 12.1 Å². The summed E-state index contributed by atoms with van der Waals surface area (Å²) in [5, 5.41) is 28.4. The first-order chi connectivity index (χ1) is 7.09. The fourth-order valence-electron chi connectivity index (χ4n) is 1.98. The summed E-state index contributed by atoms with van der Waals surface area (Å²) in [5.74, 6) is -0.0975. The normalized spacial score (nSPS) is 18.5. The van der Waals surface area contributed by atoms with E-state index in [9.17, 15) is 10.2 Å². The van der Waals surface area contributed by atoms with Crippen LogP contribution in [0.2, 0.25) is 0 Å². The third-order valence-corrected chi connectivity index (χ3v) is 3.11. The number of hydrogen-bond donors (Lipinski definition) is 4. The van der Waals surface area contributed by atoms with Crippen LogP contribution in [0.25, 0.3) is 0 Å². The molecule has 1 fully saturated rings. The molecule has 4 heteroatoms. The van der Waals surface area contributed by atoms with Crippen molar-refractivity contribution in [1.29, 1.82) is 0 Å². The molecule has 0 aliphatic heterocycles. The highest BCUT2D eigenvalue weighted by Gasteiger charge is 2.29. The van der Waals surface area contributed by atoms with Crippen molar-refractivity contribution >= 4 is 0 Å². The third kappa shape index (κ3) is 1.72. The molecule has 0 spiro atoms. The largest absolute Gasteiger partial charge is 0.508 e. The smallest absolute Gasteiger partial charge is 0.127 e. The lowest BCUT2D eigenvalue weighted by Gasteiger charge is -2.32. The van der Waals surface area contributed by atoms with Gasteiger partial charge in [-0.3, -0.25) is 0 Å². The highest BCUT2D eigenvalue weighted by molar-refractivity contribution is 5.50. The van der Waals surface area contributed by atoms with E-state index >= 15 is 0 Å². The zero-order valence-corrected chi connectivity index (χ0v) is 8.35. The average Bonchev–Trinajstić information content (AvgIpc) is 1.97. The fraction of sp³-hybridized carbons (Fsp3) is 0.455. The molecular weight excluding hydrogens is 194 g/mol. The minimum Gasteiger partial charge on any atom is -0.508 e. The van der Waals surface area contributed by atoms with Crippen LogP contribution in [-0.2, 0) is 0 Å². The summed E-state index contributed by atoms with van der Waals surface area (Å²) in [6, 6.07) is 2.06. The minimum atomic E-state index is -0.348. The van der Waals surface area contributed by atoms with Crippen LogP contribution in [0.3, 0.4) is 0 Å². The van der Waals surface area contributed by atoms with E-state index in [2.05, 4.69) is 0 Å². The van der Waals surface area contributed by atoms with Gasteiger partial charge in [-0.05, 0) is 18.8 Å². The van der Waals surface area contributed by atoms with Crippen LogP contribution in [0.5, 0.6) is 17.2 Å². The first-order valence-corrected chi connectivity index (χ1v) is 5.10. The lowest BCUT2D eigenvalue weighted by Crippen LogP contribution is -2.26. The number of hydrogen-bond acceptors (Lipinski definition) is 4. The summed E-state index contributed by atoms with van der Waals surface area (Å²) in [6.07, 6.45) is 3.21. The molecule has 1 atom stereocenters. The van der Waals surface area contributed by atoms with E-state index in [0.717, 1.165) is 19.3 Å². The lowest BCUT2D eigenvalue weighted by molar-refractivity contribution is 0.255. The second kappa shape index (κ2) is 3.62. The van der Waals surface area contributed by atoms with Crippen LogP contribution in [0.1, 0.15) is 30.9 Å². The van der Waals surface area contributed by atoms with Gasteiger partial charge in [0.1, 0.15) is 17.2 Å². The van der Waals surface area contributed by atoms with Crippen molar-refractivity contribution in [2.75, 3.05) is 0 Å². The molecule has 0 heterocycles. The summed E-state index contributed by atoms with van der Waals surface area (Å²) in [6.45, 7) is 0. The fourth-order valence-corrected chi connectivity index (χ4v) is 1.98. The van der Waals surface area contributed by atoms with Gasteiger partial charge in [0.2, 0.25) is 0 Å². The molecule has 0 saturated heterocycles. The Kier molecular flexibility index (Phi) is 2.44. The van der Waals surface area contributed by atoms with Gasteiger partial charge in [-0.1, -0.05) is 6.42 Å². The number of nitrogens with two attached hydrogens (primary N) is 1. The molecular formula is C11H15NO3. The second-order valence-electron chi connectivity index (χ2n) is 4.11. The first-order valence-electron chi connectivity index (χ1n) is 5.10. The molecule has 15 heavy (non-hydrogen) atoms. The Bertz CT molecular complexity index is 351. The maximum atomic E-state index is 9.61. The zero-order valence-electron chi connectivity index (χ0n) is 8.35. The van der Waals surface area contributed by atoms with E-state index in [1.807, 2.05) is 0 Å². The highest BCUT2D eigenvalue weighted by Crippen LogP contribution is 2.43. The van der Waals surface area contributed by atoms with Crippen molar-refractivity contribution in [1.82, 2.24) is 0 Å². The Hall–Kier alpha value is -1.42. The van der Waals surface area contributed by atoms with Gasteiger partial charge in [-0.25, -0.2) is 0 Å². The quantitative estimate of drug-likeness (QED) is 0.596. The van der Waals surface area contributed by atoms with E-state index in [0.29, 0.717) is 11.5 Å². The maximum Gasteiger partial charge on any atom is 0.127 e. The number of rotatable bonds is 2. The number of benzene rings is 1. The molecule has 1 aliphatic carbocycles. The summed E-state index contributed by atoms with van der Waals surface area (Å²) < 4.78 is 0. The standard InChI is InChI=1S/C11H15NO3/c12-11(6-2-1-3-6)10-8(14)4-7(13)5-9(10)15/h4-6,11,13-15H,1-3,12H2/t11-/m0/s1. The van der Waals surface area contributed by atoms with Gasteiger partial charge in [-0.2, -0.15) is 0 Å². The molecule has 1 aromatic carbocycles. The Morgan fingerprint density at radius 2 is 1.67 bits per heavy atom. The van der Waals surface area contributed by atoms with Crippen molar-refractivity contribution in [2.45, 2.75) is 25.3 Å². The molecule has 2 rings (SSSR count). The van der Waals surface area contributed by atoms with Gasteiger partial charge >= 0.3 is 0 Å². The predicted molar refractivity (Wildman–Crippen MR) is 55.7 cm³/mol. The Morgan fingerprint density at radius 1 is 1.13 bits per heavy atom. The summed E-state index contributed by atoms with van der Waals surface area (Å²) in [5.41, 5.74) is 6.30. The summed E-state index contributed by atoms with van der Waals surface area (Å²) in [7, 11) is 0. The highest BCUT2D eigenvalue weighted by atomic mass is 16.3. The zero-order chi connectivity index (χ0) is 11.0. The van der Waals surface area contributed by atoms with E-state index in [1.54, 1.807) is 0 Å². The van der Waals surface area contributed by atoms with Crippen LogP contribution in [0, 0.1) is 5.92 Å². The van der Waals surface area contributed by atoms with Gasteiger partial charge in [0.15, 0.2) is 0 Å². The Labute approximate surface area is 88.0 Å². The molecule has 5 N–H and O–H groups in total. The molecule has 1 saturated carbocycles. The molecule has 1 aromatic rings. The predicted octanol–water partition coefficient (Wildman–Crippen LogP) is 1.60. The number of phenolic OH excluding ortho intramolecular Hbond substituents is 3. The minimum absolute atomic E-state index is 0.132. The van der Waals surface area contributed by atoms with Crippen LogP contribution >= 0.6 is 0 Å².